The lowest BCUT2D eigenvalue weighted by Crippen LogP contribution is -2.58. The van der Waals surface area contributed by atoms with Gasteiger partial charge in [-0.15, -0.1) is 0 Å². The van der Waals surface area contributed by atoms with E-state index in [1.165, 1.54) is 6.92 Å². The maximum atomic E-state index is 16.8. The van der Waals surface area contributed by atoms with Crippen LogP contribution in [0.25, 0.3) is 22.3 Å². The number of hydrogen-bond donors (Lipinski definition) is 2. The molecule has 4 fully saturated rings. The highest BCUT2D eigenvalue weighted by molar-refractivity contribution is 5.95. The highest BCUT2D eigenvalue weighted by atomic mass is 19.4. The number of alkyl halides is 4. The van der Waals surface area contributed by atoms with E-state index in [0.29, 0.717) is 49.2 Å². The second-order valence-electron chi connectivity index (χ2n) is 13.6. The highest BCUT2D eigenvalue weighted by Gasteiger charge is 2.50. The van der Waals surface area contributed by atoms with Gasteiger partial charge >= 0.3 is 12.2 Å². The van der Waals surface area contributed by atoms with Gasteiger partial charge in [0, 0.05) is 43.7 Å². The van der Waals surface area contributed by atoms with Gasteiger partial charge in [0.1, 0.15) is 35.4 Å². The number of pyridine rings is 2. The van der Waals surface area contributed by atoms with E-state index in [2.05, 4.69) is 25.1 Å². The number of nitrogens with one attached hydrogen (secondary N) is 1. The van der Waals surface area contributed by atoms with Crippen molar-refractivity contribution in [2.45, 2.75) is 94.3 Å². The smallest absolute Gasteiger partial charge is 0.420 e. The van der Waals surface area contributed by atoms with Crippen LogP contribution in [0.5, 0.6) is 6.01 Å². The van der Waals surface area contributed by atoms with Gasteiger partial charge in [-0.1, -0.05) is 0 Å². The van der Waals surface area contributed by atoms with Crippen LogP contribution < -0.4 is 25.4 Å². The van der Waals surface area contributed by atoms with Gasteiger partial charge in [0.15, 0.2) is 11.5 Å². The quantitative estimate of drug-likeness (QED) is 0.247. The molecule has 8 heterocycles. The molecule has 5 aliphatic rings. The molecule has 0 radical (unpaired) electrons. The topological polar surface area (TPSA) is 119 Å². The van der Waals surface area contributed by atoms with Crippen molar-refractivity contribution in [1.29, 1.82) is 0 Å². The lowest BCUT2D eigenvalue weighted by atomic mass is 9.93. The van der Waals surface area contributed by atoms with Gasteiger partial charge < -0.3 is 20.2 Å². The normalized spacial score (nSPS) is 29.1. The fourth-order valence-corrected chi connectivity index (χ4v) is 8.77. The third kappa shape index (κ3) is 4.55. The van der Waals surface area contributed by atoms with Crippen molar-refractivity contribution in [3.63, 3.8) is 0 Å². The second-order valence-corrected chi connectivity index (χ2v) is 13.6. The Balaban J connectivity index is 1.34. The summed E-state index contributed by atoms with van der Waals surface area (Å²) in [6, 6.07) is 1.24. The number of nitrogens with two attached hydrogens (primary N) is 1. The minimum absolute atomic E-state index is 0.0591. The number of halogens is 5. The number of piperazine rings is 1. The van der Waals surface area contributed by atoms with E-state index in [1.807, 2.05) is 0 Å². The molecule has 0 aliphatic carbocycles. The summed E-state index contributed by atoms with van der Waals surface area (Å²) < 4.78 is 80.6. The van der Waals surface area contributed by atoms with E-state index in [1.54, 1.807) is 0 Å². The van der Waals surface area contributed by atoms with Crippen molar-refractivity contribution in [2.75, 3.05) is 36.9 Å². The Hall–Kier alpha value is -3.59. The first-order valence-electron chi connectivity index (χ1n) is 16.0. The Kier molecular flexibility index (Phi) is 6.77. The Bertz CT molecular complexity index is 1740. The zero-order valence-electron chi connectivity index (χ0n) is 25.3. The molecule has 0 saturated carbocycles. The van der Waals surface area contributed by atoms with Gasteiger partial charge in [0.2, 0.25) is 0 Å². The molecule has 3 aromatic rings. The number of fused-ring (bicyclic) bond motifs is 6. The summed E-state index contributed by atoms with van der Waals surface area (Å²) in [7, 11) is 0. The summed E-state index contributed by atoms with van der Waals surface area (Å²) in [5, 5.41) is 17.2. The fraction of sp³-hybridized carbons (Fsp3) is 0.613. The van der Waals surface area contributed by atoms with Crippen LogP contribution in [0.1, 0.15) is 61.8 Å². The van der Waals surface area contributed by atoms with Crippen LogP contribution in [0.2, 0.25) is 0 Å². The van der Waals surface area contributed by atoms with Crippen LogP contribution in [0.4, 0.5) is 33.6 Å². The highest BCUT2D eigenvalue weighted by Crippen LogP contribution is 2.44. The number of rotatable bonds is 4. The lowest BCUT2D eigenvalue weighted by molar-refractivity contribution is -0.579. The lowest BCUT2D eigenvalue weighted by Gasteiger charge is -2.43. The number of nitrogens with zero attached hydrogens (tertiary/aromatic N) is 6. The van der Waals surface area contributed by atoms with Gasteiger partial charge in [0.25, 0.3) is 5.82 Å². The van der Waals surface area contributed by atoms with Gasteiger partial charge in [-0.05, 0) is 64.0 Å². The summed E-state index contributed by atoms with van der Waals surface area (Å²) >= 11 is 0. The first kappa shape index (κ1) is 29.8. The molecule has 3 aromatic heterocycles. The maximum absolute atomic E-state index is 16.8. The third-order valence-corrected chi connectivity index (χ3v) is 10.7. The average Bonchev–Trinajstić information content (AvgIpc) is 3.66. The van der Waals surface area contributed by atoms with Gasteiger partial charge in [-0.3, -0.25) is 10.6 Å². The van der Waals surface area contributed by atoms with E-state index in [9.17, 15) is 22.8 Å². The molecule has 0 spiro atoms. The minimum atomic E-state index is -4.99. The predicted molar refractivity (Wildman–Crippen MR) is 158 cm³/mol. The van der Waals surface area contributed by atoms with Crippen LogP contribution in [0.3, 0.4) is 0 Å². The molecule has 0 unspecified atom stereocenters. The summed E-state index contributed by atoms with van der Waals surface area (Å²) in [6.45, 7) is 2.94. The van der Waals surface area contributed by atoms with E-state index >= 15 is 4.39 Å². The molecule has 246 valence electrons. The van der Waals surface area contributed by atoms with Gasteiger partial charge in [-0.2, -0.15) is 23.1 Å². The average molecular weight is 647 g/mol. The Morgan fingerprint density at radius 2 is 2.00 bits per heavy atom. The van der Waals surface area contributed by atoms with Gasteiger partial charge in [-0.25, -0.2) is 18.5 Å². The van der Waals surface area contributed by atoms with Crippen molar-refractivity contribution in [2.24, 2.45) is 0 Å². The first-order valence-corrected chi connectivity index (χ1v) is 16.0. The molecular formula is C31H35F5N8O2. The zero-order chi connectivity index (χ0) is 32.1. The molecule has 46 heavy (non-hydrogen) atoms. The number of aryl methyl sites for hydroxylation is 2. The molecule has 15 heteroatoms. The Labute approximate surface area is 261 Å². The first-order chi connectivity index (χ1) is 21.9. The summed E-state index contributed by atoms with van der Waals surface area (Å²) in [6.07, 6.45) is -0.355. The molecule has 4 saturated heterocycles. The molecular weight excluding hydrogens is 611 g/mol. The minimum Gasteiger partial charge on any atom is -0.710 e. The molecule has 8 rings (SSSR count). The zero-order valence-corrected chi connectivity index (χ0v) is 25.3. The van der Waals surface area contributed by atoms with Crippen LogP contribution in [0, 0.1) is 17.9 Å². The number of nitrogen functional groups attached to an aromatic ring is 1. The van der Waals surface area contributed by atoms with Crippen LogP contribution in [0.15, 0.2) is 6.07 Å². The molecule has 10 nitrogen and oxygen atoms in total. The number of hydrogen-bond acceptors (Lipinski definition) is 9. The molecule has 3 N–H and O–H groups in total. The number of aromatic nitrogens is 4. The van der Waals surface area contributed by atoms with E-state index < -0.39 is 46.5 Å². The molecule has 0 aromatic carbocycles. The van der Waals surface area contributed by atoms with Crippen molar-refractivity contribution in [1.82, 2.24) is 25.2 Å². The predicted octanol–water partition coefficient (Wildman–Crippen LogP) is 3.97. The molecule has 5 atom stereocenters. The fourth-order valence-electron chi connectivity index (χ4n) is 8.77. The van der Waals surface area contributed by atoms with Gasteiger partial charge in [0.05, 0.1) is 16.6 Å². The molecule has 0 amide bonds. The largest absolute Gasteiger partial charge is 0.710 e. The van der Waals surface area contributed by atoms with Crippen LogP contribution in [-0.4, -0.2) is 75.9 Å². The van der Waals surface area contributed by atoms with Crippen molar-refractivity contribution in [3.8, 4) is 17.4 Å². The summed E-state index contributed by atoms with van der Waals surface area (Å²) in [5.41, 5.74) is 1.90. The van der Waals surface area contributed by atoms with Crippen molar-refractivity contribution < 1.29 is 31.4 Å². The monoisotopic (exact) mass is 646 g/mol. The second kappa shape index (κ2) is 10.5. The van der Waals surface area contributed by atoms with E-state index in [4.69, 9.17) is 15.5 Å². The summed E-state index contributed by atoms with van der Waals surface area (Å²) in [5.74, 6) is -1.28. The summed E-state index contributed by atoms with van der Waals surface area (Å²) in [4.78, 5) is 18.0. The van der Waals surface area contributed by atoms with Crippen molar-refractivity contribution >= 4 is 22.5 Å². The SMILES string of the molecule is Cc1cc(N)[n+]([O-])c(-c2nc3c4c(nc(OC[C@@]56CCCN5C[C@H](F)C6)nc4c2F)N2C[C@H]4CC[C@H](N4)[C@H]2CCC3)c1C(F)(F)F. The van der Waals surface area contributed by atoms with E-state index in [-0.39, 0.29) is 46.6 Å². The van der Waals surface area contributed by atoms with Crippen LogP contribution in [-0.2, 0) is 12.6 Å². The van der Waals surface area contributed by atoms with Crippen molar-refractivity contribution in [3.05, 3.63) is 33.9 Å². The molecule has 5 aliphatic heterocycles. The number of anilines is 2. The standard InChI is InChI=1S/C31H35F5N8O2/c1-15-10-21(37)44(45)27(23(15)31(34,35)36)26-24(33)25-22-19(39-26)4-2-5-20-18-7-6-17(38-18)13-43(20)28(22)41-29(40-25)46-14-30-8-3-9-42(30)12-16(32)11-30/h10,16-18,20,38H,2-9,11-14,37H2,1H3/t16-,17-,18+,20-,30+/m1/s1. The Morgan fingerprint density at radius 3 is 2.80 bits per heavy atom. The molecule has 2 bridgehead atoms. The maximum Gasteiger partial charge on any atom is 0.420 e. The van der Waals surface area contributed by atoms with E-state index in [0.717, 1.165) is 44.7 Å². The number of ether oxygens (including phenoxy) is 1. The van der Waals surface area contributed by atoms with Crippen LogP contribution >= 0.6 is 0 Å². The third-order valence-electron chi connectivity index (χ3n) is 10.7. The Morgan fingerprint density at radius 1 is 1.17 bits per heavy atom.